The molecule has 1 aliphatic rings. The summed E-state index contributed by atoms with van der Waals surface area (Å²) in [5, 5.41) is 11.6. The van der Waals surface area contributed by atoms with E-state index in [4.69, 9.17) is 5.11 Å². The standard InChI is InChI=1S/C10H20N2O4S/c1-11-9-4-2-6-12(8-9)17(15,16)7-3-5-10(13)14/h9,11H,2-8H2,1H3,(H,13,14). The van der Waals surface area contributed by atoms with Crippen LogP contribution in [0.4, 0.5) is 0 Å². The minimum Gasteiger partial charge on any atom is -0.481 e. The molecule has 0 aromatic heterocycles. The molecule has 1 heterocycles. The zero-order valence-corrected chi connectivity index (χ0v) is 10.9. The summed E-state index contributed by atoms with van der Waals surface area (Å²) in [6.07, 6.45) is 1.92. The highest BCUT2D eigenvalue weighted by molar-refractivity contribution is 7.89. The number of carboxylic acids is 1. The average Bonchev–Trinajstić information content (AvgIpc) is 2.28. The largest absolute Gasteiger partial charge is 0.481 e. The lowest BCUT2D eigenvalue weighted by atomic mass is 10.1. The van der Waals surface area contributed by atoms with Gasteiger partial charge in [-0.3, -0.25) is 4.79 Å². The van der Waals surface area contributed by atoms with Gasteiger partial charge in [-0.15, -0.1) is 0 Å². The van der Waals surface area contributed by atoms with Crippen molar-refractivity contribution in [3.8, 4) is 0 Å². The molecule has 17 heavy (non-hydrogen) atoms. The molecular weight excluding hydrogens is 244 g/mol. The third kappa shape index (κ3) is 4.61. The summed E-state index contributed by atoms with van der Waals surface area (Å²) >= 11 is 0. The average molecular weight is 264 g/mol. The van der Waals surface area contributed by atoms with Gasteiger partial charge in [0.1, 0.15) is 0 Å². The zero-order valence-electron chi connectivity index (χ0n) is 10.1. The number of piperidine rings is 1. The fourth-order valence-electron chi connectivity index (χ4n) is 1.97. The first kappa shape index (κ1) is 14.4. The Bertz CT molecular complexity index is 355. The van der Waals surface area contributed by atoms with Crippen LogP contribution in [0, 0.1) is 0 Å². The van der Waals surface area contributed by atoms with Gasteiger partial charge in [-0.2, -0.15) is 0 Å². The first-order valence-electron chi connectivity index (χ1n) is 5.82. The van der Waals surface area contributed by atoms with Gasteiger partial charge in [-0.25, -0.2) is 12.7 Å². The van der Waals surface area contributed by atoms with E-state index in [1.54, 1.807) is 0 Å². The first-order valence-corrected chi connectivity index (χ1v) is 7.43. The van der Waals surface area contributed by atoms with Crippen molar-refractivity contribution >= 4 is 16.0 Å². The van der Waals surface area contributed by atoms with Crippen molar-refractivity contribution in [2.75, 3.05) is 25.9 Å². The second kappa shape index (κ2) is 6.32. The van der Waals surface area contributed by atoms with Gasteiger partial charge < -0.3 is 10.4 Å². The maximum absolute atomic E-state index is 11.9. The molecule has 0 aromatic carbocycles. The van der Waals surface area contributed by atoms with E-state index >= 15 is 0 Å². The van der Waals surface area contributed by atoms with E-state index in [1.807, 2.05) is 7.05 Å². The summed E-state index contributed by atoms with van der Waals surface area (Å²) in [6, 6.07) is 0.206. The van der Waals surface area contributed by atoms with E-state index < -0.39 is 16.0 Å². The Morgan fingerprint density at radius 2 is 2.24 bits per heavy atom. The van der Waals surface area contributed by atoms with Gasteiger partial charge in [0.25, 0.3) is 0 Å². The van der Waals surface area contributed by atoms with Gasteiger partial charge in [0.05, 0.1) is 5.75 Å². The van der Waals surface area contributed by atoms with Gasteiger partial charge >= 0.3 is 5.97 Å². The fraction of sp³-hybridized carbons (Fsp3) is 0.900. The highest BCUT2D eigenvalue weighted by Crippen LogP contribution is 2.15. The van der Waals surface area contributed by atoms with E-state index in [2.05, 4.69) is 5.32 Å². The first-order chi connectivity index (χ1) is 7.95. The molecule has 0 aliphatic carbocycles. The Morgan fingerprint density at radius 1 is 1.53 bits per heavy atom. The molecule has 1 saturated heterocycles. The number of nitrogens with one attached hydrogen (secondary N) is 1. The lowest BCUT2D eigenvalue weighted by Gasteiger charge is -2.31. The van der Waals surface area contributed by atoms with Crippen LogP contribution in [-0.4, -0.2) is 55.7 Å². The number of carbonyl (C=O) groups is 1. The van der Waals surface area contributed by atoms with Crippen molar-refractivity contribution in [1.29, 1.82) is 0 Å². The van der Waals surface area contributed by atoms with Crippen molar-refractivity contribution in [3.05, 3.63) is 0 Å². The number of rotatable bonds is 6. The molecule has 1 rings (SSSR count). The number of sulfonamides is 1. The molecule has 0 saturated carbocycles. The van der Waals surface area contributed by atoms with Crippen molar-refractivity contribution in [1.82, 2.24) is 9.62 Å². The predicted molar refractivity (Wildman–Crippen MR) is 64.3 cm³/mol. The summed E-state index contributed by atoms with van der Waals surface area (Å²) in [7, 11) is -1.47. The van der Waals surface area contributed by atoms with Crippen molar-refractivity contribution in [3.63, 3.8) is 0 Å². The van der Waals surface area contributed by atoms with Crippen LogP contribution < -0.4 is 5.32 Å². The van der Waals surface area contributed by atoms with Gasteiger partial charge in [-0.05, 0) is 26.3 Å². The van der Waals surface area contributed by atoms with Crippen molar-refractivity contribution < 1.29 is 18.3 Å². The zero-order chi connectivity index (χ0) is 12.9. The SMILES string of the molecule is CNC1CCCN(S(=O)(=O)CCCC(=O)O)C1. The predicted octanol–water partition coefficient (Wildman–Crippen LogP) is -0.135. The summed E-state index contributed by atoms with van der Waals surface area (Å²) < 4.78 is 25.3. The van der Waals surface area contributed by atoms with Gasteiger partial charge in [0.2, 0.25) is 10.0 Å². The minimum atomic E-state index is -3.29. The molecule has 0 bridgehead atoms. The second-order valence-corrected chi connectivity index (χ2v) is 6.39. The molecular formula is C10H20N2O4S. The Morgan fingerprint density at radius 3 is 2.82 bits per heavy atom. The molecule has 1 fully saturated rings. The Labute approximate surface area is 102 Å². The summed E-state index contributed by atoms with van der Waals surface area (Å²) in [5.74, 6) is -1.03. The molecule has 100 valence electrons. The molecule has 0 amide bonds. The van der Waals surface area contributed by atoms with Crippen LogP contribution in [0.1, 0.15) is 25.7 Å². The molecule has 1 unspecified atom stereocenters. The molecule has 0 aromatic rings. The fourth-order valence-corrected chi connectivity index (χ4v) is 3.55. The van der Waals surface area contributed by atoms with Crippen LogP contribution in [0.3, 0.4) is 0 Å². The third-order valence-electron chi connectivity index (χ3n) is 2.98. The van der Waals surface area contributed by atoms with Crippen molar-refractivity contribution in [2.45, 2.75) is 31.7 Å². The summed E-state index contributed by atoms with van der Waals surface area (Å²) in [6.45, 7) is 1.04. The number of aliphatic carboxylic acids is 1. The van der Waals surface area contributed by atoms with Crippen LogP contribution in [-0.2, 0) is 14.8 Å². The van der Waals surface area contributed by atoms with Gasteiger partial charge in [0, 0.05) is 25.6 Å². The topological polar surface area (TPSA) is 86.7 Å². The second-order valence-electron chi connectivity index (χ2n) is 4.30. The number of likely N-dealkylation sites (N-methyl/N-ethyl adjacent to an activating group) is 1. The van der Waals surface area contributed by atoms with Gasteiger partial charge in [-0.1, -0.05) is 0 Å². The maximum Gasteiger partial charge on any atom is 0.303 e. The quantitative estimate of drug-likeness (QED) is 0.697. The van der Waals surface area contributed by atoms with Crippen LogP contribution in [0.5, 0.6) is 0 Å². The number of hydrogen-bond donors (Lipinski definition) is 2. The summed E-state index contributed by atoms with van der Waals surface area (Å²) in [4.78, 5) is 10.3. The van der Waals surface area contributed by atoms with E-state index in [-0.39, 0.29) is 24.6 Å². The smallest absolute Gasteiger partial charge is 0.303 e. The van der Waals surface area contributed by atoms with E-state index in [0.29, 0.717) is 13.1 Å². The lowest BCUT2D eigenvalue weighted by molar-refractivity contribution is -0.137. The molecule has 0 radical (unpaired) electrons. The molecule has 1 aliphatic heterocycles. The summed E-state index contributed by atoms with van der Waals surface area (Å²) in [5.41, 5.74) is 0. The highest BCUT2D eigenvalue weighted by Gasteiger charge is 2.27. The van der Waals surface area contributed by atoms with Gasteiger partial charge in [0.15, 0.2) is 0 Å². The number of nitrogens with zero attached hydrogens (tertiary/aromatic N) is 1. The molecule has 6 nitrogen and oxygen atoms in total. The monoisotopic (exact) mass is 264 g/mol. The van der Waals surface area contributed by atoms with Crippen LogP contribution >= 0.6 is 0 Å². The lowest BCUT2D eigenvalue weighted by Crippen LogP contribution is -2.47. The third-order valence-corrected chi connectivity index (χ3v) is 4.90. The van der Waals surface area contributed by atoms with Crippen LogP contribution in [0.25, 0.3) is 0 Å². The molecule has 0 spiro atoms. The Kier molecular flexibility index (Phi) is 5.35. The number of carboxylic acid groups (broad SMARTS) is 1. The molecule has 1 atom stereocenters. The van der Waals surface area contributed by atoms with Crippen LogP contribution in [0.15, 0.2) is 0 Å². The molecule has 2 N–H and O–H groups in total. The van der Waals surface area contributed by atoms with E-state index in [0.717, 1.165) is 12.8 Å². The number of hydrogen-bond acceptors (Lipinski definition) is 4. The Hall–Kier alpha value is -0.660. The van der Waals surface area contributed by atoms with E-state index in [1.165, 1.54) is 4.31 Å². The molecule has 7 heteroatoms. The minimum absolute atomic E-state index is 0.0737. The van der Waals surface area contributed by atoms with Crippen LogP contribution in [0.2, 0.25) is 0 Å². The van der Waals surface area contributed by atoms with E-state index in [9.17, 15) is 13.2 Å². The highest BCUT2D eigenvalue weighted by atomic mass is 32.2. The normalized spacial score (nSPS) is 22.5. The van der Waals surface area contributed by atoms with Crippen molar-refractivity contribution in [2.24, 2.45) is 0 Å². The Balaban J connectivity index is 2.48. The maximum atomic E-state index is 11.9.